The molecule has 170 valence electrons. The molecule has 0 unspecified atom stereocenters. The first-order valence-corrected chi connectivity index (χ1v) is 11.5. The topological polar surface area (TPSA) is 59.5 Å². The Morgan fingerprint density at radius 2 is 1.69 bits per heavy atom. The van der Waals surface area contributed by atoms with Crippen LogP contribution in [0.4, 0.5) is 5.82 Å². The van der Waals surface area contributed by atoms with E-state index in [1.807, 2.05) is 12.1 Å². The van der Waals surface area contributed by atoms with Crippen LogP contribution in [0.3, 0.4) is 0 Å². The third-order valence-electron chi connectivity index (χ3n) is 5.91. The summed E-state index contributed by atoms with van der Waals surface area (Å²) in [6.45, 7) is 3.03. The van der Waals surface area contributed by atoms with E-state index in [1.165, 1.54) is 0 Å². The standard InChI is InChI=1S/C23H25Cl3N4O2/c1-30-6-4-13(5-7-30)11-28-23-15-9-19(24)27-12-14(15)8-16(29-23)20-21(25)17(31-2)10-18(32-3)22(20)26/h8-10,12-13H,4-7,11H2,1-3H3,(H,28,29). The molecule has 0 radical (unpaired) electrons. The molecule has 0 bridgehead atoms. The van der Waals surface area contributed by atoms with Crippen LogP contribution in [-0.2, 0) is 0 Å². The van der Waals surface area contributed by atoms with Gasteiger partial charge in [-0.05, 0) is 51.0 Å². The number of hydrogen-bond acceptors (Lipinski definition) is 6. The Morgan fingerprint density at radius 3 is 2.31 bits per heavy atom. The van der Waals surface area contributed by atoms with Gasteiger partial charge >= 0.3 is 0 Å². The fourth-order valence-electron chi connectivity index (χ4n) is 4.00. The van der Waals surface area contributed by atoms with Crippen LogP contribution in [0.15, 0.2) is 24.4 Å². The third kappa shape index (κ3) is 4.69. The molecular weight excluding hydrogens is 471 g/mol. The Balaban J connectivity index is 1.79. The second-order valence-corrected chi connectivity index (χ2v) is 9.14. The summed E-state index contributed by atoms with van der Waals surface area (Å²) in [4.78, 5) is 11.5. The largest absolute Gasteiger partial charge is 0.495 e. The van der Waals surface area contributed by atoms with Gasteiger partial charge in [-0.1, -0.05) is 34.8 Å². The summed E-state index contributed by atoms with van der Waals surface area (Å²) in [6, 6.07) is 5.38. The fraction of sp³-hybridized carbons (Fsp3) is 0.391. The molecule has 1 saturated heterocycles. The van der Waals surface area contributed by atoms with Crippen molar-refractivity contribution in [3.63, 3.8) is 0 Å². The van der Waals surface area contributed by atoms with E-state index in [9.17, 15) is 0 Å². The third-order valence-corrected chi connectivity index (χ3v) is 6.86. The van der Waals surface area contributed by atoms with Crippen LogP contribution in [0, 0.1) is 5.92 Å². The van der Waals surface area contributed by atoms with Gasteiger partial charge in [-0.15, -0.1) is 0 Å². The average molecular weight is 496 g/mol. The van der Waals surface area contributed by atoms with E-state index in [1.54, 1.807) is 26.5 Å². The molecular formula is C23H25Cl3N4O2. The number of nitrogens with one attached hydrogen (secondary N) is 1. The highest BCUT2D eigenvalue weighted by Gasteiger charge is 2.22. The number of benzene rings is 1. The van der Waals surface area contributed by atoms with Crippen molar-refractivity contribution < 1.29 is 9.47 Å². The molecule has 0 atom stereocenters. The van der Waals surface area contributed by atoms with E-state index >= 15 is 0 Å². The first kappa shape index (κ1) is 23.2. The van der Waals surface area contributed by atoms with Gasteiger partial charge in [0.2, 0.25) is 0 Å². The predicted octanol–water partition coefficient (Wildman–Crippen LogP) is 6.03. The molecule has 1 aliphatic rings. The van der Waals surface area contributed by atoms with Gasteiger partial charge in [-0.25, -0.2) is 9.97 Å². The van der Waals surface area contributed by atoms with E-state index in [4.69, 9.17) is 49.3 Å². The second kappa shape index (κ2) is 9.87. The average Bonchev–Trinajstić information content (AvgIpc) is 2.79. The highest BCUT2D eigenvalue weighted by molar-refractivity contribution is 6.41. The highest BCUT2D eigenvalue weighted by Crippen LogP contribution is 2.46. The molecule has 0 amide bonds. The number of piperidine rings is 1. The number of ether oxygens (including phenoxy) is 2. The number of pyridine rings is 2. The lowest BCUT2D eigenvalue weighted by Crippen LogP contribution is -2.33. The van der Waals surface area contributed by atoms with E-state index in [-0.39, 0.29) is 0 Å². The van der Waals surface area contributed by atoms with Crippen LogP contribution in [-0.4, -0.2) is 55.8 Å². The summed E-state index contributed by atoms with van der Waals surface area (Å²) in [7, 11) is 5.26. The lowest BCUT2D eigenvalue weighted by molar-refractivity contribution is 0.226. The van der Waals surface area contributed by atoms with Crippen molar-refractivity contribution >= 4 is 51.4 Å². The van der Waals surface area contributed by atoms with Gasteiger partial charge in [-0.2, -0.15) is 0 Å². The van der Waals surface area contributed by atoms with Crippen LogP contribution in [0.2, 0.25) is 15.2 Å². The number of hydrogen-bond donors (Lipinski definition) is 1. The number of aromatic nitrogens is 2. The van der Waals surface area contributed by atoms with Gasteiger partial charge in [0.05, 0.1) is 30.0 Å². The van der Waals surface area contributed by atoms with Crippen molar-refractivity contribution in [3.05, 3.63) is 39.6 Å². The maximum Gasteiger partial charge on any atom is 0.141 e. The number of anilines is 1. The number of methoxy groups -OCH3 is 2. The summed E-state index contributed by atoms with van der Waals surface area (Å²) in [5, 5.41) is 6.46. The summed E-state index contributed by atoms with van der Waals surface area (Å²) in [6.07, 6.45) is 4.02. The molecule has 9 heteroatoms. The quantitative estimate of drug-likeness (QED) is 0.421. The van der Waals surface area contributed by atoms with E-state index in [0.29, 0.717) is 43.9 Å². The first-order chi connectivity index (χ1) is 15.4. The lowest BCUT2D eigenvalue weighted by Gasteiger charge is -2.29. The molecule has 1 fully saturated rings. The van der Waals surface area contributed by atoms with Gasteiger partial charge < -0.3 is 19.7 Å². The second-order valence-electron chi connectivity index (χ2n) is 8.00. The SMILES string of the molecule is COc1cc(OC)c(Cl)c(-c2cc3cnc(Cl)cc3c(NCC3CCN(C)CC3)n2)c1Cl. The van der Waals surface area contributed by atoms with Crippen LogP contribution in [0.5, 0.6) is 11.5 Å². The van der Waals surface area contributed by atoms with Gasteiger partial charge in [-0.3, -0.25) is 0 Å². The Bertz CT molecular complexity index is 1110. The van der Waals surface area contributed by atoms with Gasteiger partial charge in [0.1, 0.15) is 22.5 Å². The molecule has 6 nitrogen and oxygen atoms in total. The van der Waals surface area contributed by atoms with Crippen molar-refractivity contribution in [2.45, 2.75) is 12.8 Å². The minimum absolute atomic E-state index is 0.369. The lowest BCUT2D eigenvalue weighted by atomic mass is 9.97. The minimum Gasteiger partial charge on any atom is -0.495 e. The monoisotopic (exact) mass is 494 g/mol. The molecule has 1 aromatic carbocycles. The van der Waals surface area contributed by atoms with Gasteiger partial charge in [0, 0.05) is 35.1 Å². The minimum atomic E-state index is 0.369. The summed E-state index contributed by atoms with van der Waals surface area (Å²) >= 11 is 19.5. The van der Waals surface area contributed by atoms with Crippen molar-refractivity contribution in [1.29, 1.82) is 0 Å². The number of halogens is 3. The van der Waals surface area contributed by atoms with Crippen LogP contribution in [0.25, 0.3) is 22.0 Å². The number of rotatable bonds is 6. The van der Waals surface area contributed by atoms with Crippen LogP contribution >= 0.6 is 34.8 Å². The van der Waals surface area contributed by atoms with E-state index < -0.39 is 0 Å². The molecule has 1 N–H and O–H groups in total. The van der Waals surface area contributed by atoms with Crippen molar-refractivity contribution in [3.8, 4) is 22.8 Å². The molecule has 3 heterocycles. The zero-order valence-corrected chi connectivity index (χ0v) is 20.5. The number of likely N-dealkylation sites (tertiary alicyclic amines) is 1. The molecule has 3 aromatic rings. The molecule has 32 heavy (non-hydrogen) atoms. The zero-order chi connectivity index (χ0) is 22.8. The van der Waals surface area contributed by atoms with Gasteiger partial charge in [0.25, 0.3) is 0 Å². The van der Waals surface area contributed by atoms with Crippen molar-refractivity contribution in [1.82, 2.24) is 14.9 Å². The molecule has 1 aliphatic heterocycles. The van der Waals surface area contributed by atoms with Crippen molar-refractivity contribution in [2.24, 2.45) is 5.92 Å². The molecule has 0 aliphatic carbocycles. The van der Waals surface area contributed by atoms with Crippen LogP contribution < -0.4 is 14.8 Å². The fourth-order valence-corrected chi connectivity index (χ4v) is 4.85. The first-order valence-electron chi connectivity index (χ1n) is 10.4. The Morgan fingerprint density at radius 1 is 1.03 bits per heavy atom. The van der Waals surface area contributed by atoms with Crippen LogP contribution in [0.1, 0.15) is 12.8 Å². The number of fused-ring (bicyclic) bond motifs is 1. The van der Waals surface area contributed by atoms with Gasteiger partial charge in [0.15, 0.2) is 0 Å². The summed E-state index contributed by atoms with van der Waals surface area (Å²) in [5.74, 6) is 2.21. The zero-order valence-electron chi connectivity index (χ0n) is 18.2. The highest BCUT2D eigenvalue weighted by atomic mass is 35.5. The van der Waals surface area contributed by atoms with Crippen molar-refractivity contribution in [2.75, 3.05) is 46.2 Å². The Kier molecular flexibility index (Phi) is 7.15. The Labute approximate surface area is 202 Å². The molecule has 0 spiro atoms. The maximum atomic E-state index is 6.65. The molecule has 0 saturated carbocycles. The normalized spacial score (nSPS) is 15.2. The maximum absolute atomic E-state index is 6.65. The smallest absolute Gasteiger partial charge is 0.141 e. The summed E-state index contributed by atoms with van der Waals surface area (Å²) in [5.41, 5.74) is 1.14. The molecule has 2 aromatic heterocycles. The molecule has 4 rings (SSSR count). The Hall–Kier alpha value is -1.99. The predicted molar refractivity (Wildman–Crippen MR) is 132 cm³/mol. The van der Waals surface area contributed by atoms with E-state index in [2.05, 4.69) is 22.2 Å². The van der Waals surface area contributed by atoms with E-state index in [0.717, 1.165) is 49.1 Å². The summed E-state index contributed by atoms with van der Waals surface area (Å²) < 4.78 is 10.9. The number of nitrogens with zero attached hydrogens (tertiary/aromatic N) is 3.